The van der Waals surface area contributed by atoms with Crippen molar-refractivity contribution in [2.75, 3.05) is 11.9 Å². The molecule has 4 aromatic rings. The zero-order chi connectivity index (χ0) is 19.3. The number of carbonyl (C=O) groups excluding carboxylic acids is 1. The standard InChI is InChI=1S/C20H14IN3O4/c21-14-6-8-16(9-7-14)27-12-18(25)22-15-4-1-3-13(11-15)19-23-24-20(28-19)17-5-2-10-26-17/h1-11H,12H2,(H,22,25). The van der Waals surface area contributed by atoms with Crippen LogP contribution in [0.5, 0.6) is 5.75 Å². The van der Waals surface area contributed by atoms with Gasteiger partial charge in [-0.1, -0.05) is 6.07 Å². The predicted octanol–water partition coefficient (Wildman–Crippen LogP) is 4.62. The fourth-order valence-corrected chi connectivity index (χ4v) is 2.81. The Balaban J connectivity index is 1.41. The van der Waals surface area contributed by atoms with Gasteiger partial charge in [-0.25, -0.2) is 0 Å². The molecule has 0 aliphatic rings. The van der Waals surface area contributed by atoms with Crippen LogP contribution in [0.3, 0.4) is 0 Å². The number of rotatable bonds is 6. The maximum Gasteiger partial charge on any atom is 0.283 e. The van der Waals surface area contributed by atoms with Crippen LogP contribution in [0.15, 0.2) is 75.8 Å². The summed E-state index contributed by atoms with van der Waals surface area (Å²) in [7, 11) is 0. The molecule has 0 fully saturated rings. The number of furan rings is 1. The number of aromatic nitrogens is 2. The lowest BCUT2D eigenvalue weighted by Crippen LogP contribution is -2.20. The Labute approximate surface area is 173 Å². The highest BCUT2D eigenvalue weighted by molar-refractivity contribution is 14.1. The lowest BCUT2D eigenvalue weighted by atomic mass is 10.2. The molecular formula is C20H14IN3O4. The molecule has 4 rings (SSSR count). The highest BCUT2D eigenvalue weighted by atomic mass is 127. The van der Waals surface area contributed by atoms with Gasteiger partial charge in [-0.3, -0.25) is 4.79 Å². The quantitative estimate of drug-likeness (QED) is 0.400. The largest absolute Gasteiger partial charge is 0.484 e. The molecule has 2 aromatic heterocycles. The monoisotopic (exact) mass is 487 g/mol. The third-order valence-corrected chi connectivity index (χ3v) is 4.45. The van der Waals surface area contributed by atoms with E-state index in [-0.39, 0.29) is 12.5 Å². The summed E-state index contributed by atoms with van der Waals surface area (Å²) in [5.41, 5.74) is 1.29. The number of ether oxygens (including phenoxy) is 1. The van der Waals surface area contributed by atoms with E-state index in [0.29, 0.717) is 34.5 Å². The van der Waals surface area contributed by atoms with Gasteiger partial charge in [0.15, 0.2) is 12.4 Å². The summed E-state index contributed by atoms with van der Waals surface area (Å²) < 4.78 is 17.5. The van der Waals surface area contributed by atoms with Crippen molar-refractivity contribution in [1.82, 2.24) is 10.2 Å². The van der Waals surface area contributed by atoms with Crippen LogP contribution in [-0.4, -0.2) is 22.7 Å². The molecule has 0 atom stereocenters. The second-order valence-electron chi connectivity index (χ2n) is 5.76. The van der Waals surface area contributed by atoms with E-state index in [0.717, 1.165) is 3.57 Å². The number of benzene rings is 2. The van der Waals surface area contributed by atoms with Gasteiger partial charge < -0.3 is 18.9 Å². The van der Waals surface area contributed by atoms with Gasteiger partial charge in [0.1, 0.15) is 5.75 Å². The number of anilines is 1. The number of nitrogens with zero attached hydrogens (tertiary/aromatic N) is 2. The van der Waals surface area contributed by atoms with Crippen molar-refractivity contribution in [3.05, 3.63) is 70.5 Å². The van der Waals surface area contributed by atoms with Crippen molar-refractivity contribution >= 4 is 34.2 Å². The minimum absolute atomic E-state index is 0.0893. The lowest BCUT2D eigenvalue weighted by molar-refractivity contribution is -0.118. The van der Waals surface area contributed by atoms with Gasteiger partial charge in [-0.15, -0.1) is 10.2 Å². The molecule has 0 aliphatic heterocycles. The third kappa shape index (κ3) is 4.39. The van der Waals surface area contributed by atoms with Gasteiger partial charge in [0.05, 0.1) is 6.26 Å². The number of carbonyl (C=O) groups is 1. The topological polar surface area (TPSA) is 90.4 Å². The molecule has 0 bridgehead atoms. The van der Waals surface area contributed by atoms with Gasteiger partial charge in [-0.2, -0.15) is 0 Å². The van der Waals surface area contributed by atoms with E-state index in [1.807, 2.05) is 30.3 Å². The molecule has 0 aliphatic carbocycles. The number of amides is 1. The number of halogens is 1. The average molecular weight is 487 g/mol. The zero-order valence-electron chi connectivity index (χ0n) is 14.5. The summed E-state index contributed by atoms with van der Waals surface area (Å²) in [6.45, 7) is -0.0893. The van der Waals surface area contributed by atoms with Crippen LogP contribution in [0, 0.1) is 3.57 Å². The van der Waals surface area contributed by atoms with Gasteiger partial charge in [0, 0.05) is 14.8 Å². The highest BCUT2D eigenvalue weighted by Crippen LogP contribution is 2.25. The van der Waals surface area contributed by atoms with E-state index >= 15 is 0 Å². The Kier molecular flexibility index (Phi) is 5.38. The number of hydrogen-bond acceptors (Lipinski definition) is 6. The summed E-state index contributed by atoms with van der Waals surface area (Å²) in [4.78, 5) is 12.2. The first-order valence-electron chi connectivity index (χ1n) is 8.33. The maximum atomic E-state index is 12.2. The van der Waals surface area contributed by atoms with Crippen molar-refractivity contribution in [3.63, 3.8) is 0 Å². The second kappa shape index (κ2) is 8.26. The minimum Gasteiger partial charge on any atom is -0.484 e. The van der Waals surface area contributed by atoms with E-state index in [1.54, 1.807) is 30.3 Å². The minimum atomic E-state index is -0.266. The first kappa shape index (κ1) is 18.2. The molecule has 2 aromatic carbocycles. The van der Waals surface area contributed by atoms with Crippen LogP contribution in [0.25, 0.3) is 23.1 Å². The van der Waals surface area contributed by atoms with E-state index in [2.05, 4.69) is 38.1 Å². The van der Waals surface area contributed by atoms with Crippen molar-refractivity contribution in [2.45, 2.75) is 0 Å². The Bertz CT molecular complexity index is 1080. The molecule has 28 heavy (non-hydrogen) atoms. The second-order valence-corrected chi connectivity index (χ2v) is 7.01. The molecule has 0 radical (unpaired) electrons. The Hall–Kier alpha value is -3.14. The van der Waals surface area contributed by atoms with Crippen LogP contribution in [-0.2, 0) is 4.79 Å². The van der Waals surface area contributed by atoms with E-state index < -0.39 is 0 Å². The van der Waals surface area contributed by atoms with Crippen LogP contribution in [0.2, 0.25) is 0 Å². The first-order valence-corrected chi connectivity index (χ1v) is 9.41. The van der Waals surface area contributed by atoms with Crippen LogP contribution >= 0.6 is 22.6 Å². The Morgan fingerprint density at radius 3 is 2.64 bits per heavy atom. The van der Waals surface area contributed by atoms with Crippen LogP contribution < -0.4 is 10.1 Å². The summed E-state index contributed by atoms with van der Waals surface area (Å²) in [5, 5.41) is 10.8. The molecule has 140 valence electrons. The smallest absolute Gasteiger partial charge is 0.283 e. The molecule has 0 saturated heterocycles. The fourth-order valence-electron chi connectivity index (χ4n) is 2.45. The normalized spacial score (nSPS) is 10.6. The van der Waals surface area contributed by atoms with Crippen LogP contribution in [0.4, 0.5) is 5.69 Å². The van der Waals surface area contributed by atoms with Crippen molar-refractivity contribution in [2.24, 2.45) is 0 Å². The van der Waals surface area contributed by atoms with Crippen LogP contribution in [0.1, 0.15) is 0 Å². The van der Waals surface area contributed by atoms with E-state index in [4.69, 9.17) is 13.6 Å². The molecule has 2 heterocycles. The molecule has 7 nitrogen and oxygen atoms in total. The van der Waals surface area contributed by atoms with Crippen molar-refractivity contribution < 1.29 is 18.4 Å². The van der Waals surface area contributed by atoms with E-state index in [9.17, 15) is 4.79 Å². The summed E-state index contributed by atoms with van der Waals surface area (Å²) in [5.74, 6) is 1.49. The van der Waals surface area contributed by atoms with Gasteiger partial charge >= 0.3 is 0 Å². The van der Waals surface area contributed by atoms with Crippen molar-refractivity contribution in [1.29, 1.82) is 0 Å². The third-order valence-electron chi connectivity index (χ3n) is 3.73. The zero-order valence-corrected chi connectivity index (χ0v) is 16.6. The average Bonchev–Trinajstić information content (AvgIpc) is 3.39. The molecule has 1 amide bonds. The fraction of sp³-hybridized carbons (Fsp3) is 0.0500. The number of nitrogens with one attached hydrogen (secondary N) is 1. The Morgan fingerprint density at radius 1 is 1.04 bits per heavy atom. The summed E-state index contributed by atoms with van der Waals surface area (Å²) >= 11 is 2.21. The van der Waals surface area contributed by atoms with Crippen molar-refractivity contribution in [3.8, 4) is 28.9 Å². The van der Waals surface area contributed by atoms with Gasteiger partial charge in [-0.05, 0) is 77.2 Å². The lowest BCUT2D eigenvalue weighted by Gasteiger charge is -2.08. The number of hydrogen-bond donors (Lipinski definition) is 1. The Morgan fingerprint density at radius 2 is 1.86 bits per heavy atom. The summed E-state index contributed by atoms with van der Waals surface area (Å²) in [6, 6.07) is 18.1. The molecule has 0 unspecified atom stereocenters. The first-order chi connectivity index (χ1) is 13.7. The molecule has 0 saturated carbocycles. The maximum absolute atomic E-state index is 12.2. The van der Waals surface area contributed by atoms with Gasteiger partial charge in [0.25, 0.3) is 11.8 Å². The van der Waals surface area contributed by atoms with E-state index in [1.165, 1.54) is 6.26 Å². The molecule has 1 N–H and O–H groups in total. The van der Waals surface area contributed by atoms with Gasteiger partial charge in [0.2, 0.25) is 5.89 Å². The summed E-state index contributed by atoms with van der Waals surface area (Å²) in [6.07, 6.45) is 1.54. The molecule has 8 heteroatoms. The molecule has 0 spiro atoms. The SMILES string of the molecule is O=C(COc1ccc(I)cc1)Nc1cccc(-c2nnc(-c3ccco3)o2)c1. The highest BCUT2D eigenvalue weighted by Gasteiger charge is 2.13. The predicted molar refractivity (Wildman–Crippen MR) is 111 cm³/mol. The molecular weight excluding hydrogens is 473 g/mol.